The van der Waals surface area contributed by atoms with Crippen molar-refractivity contribution in [3.05, 3.63) is 76.9 Å². The van der Waals surface area contributed by atoms with Crippen molar-refractivity contribution >= 4 is 23.5 Å². The minimum Gasteiger partial charge on any atom is -0.386 e. The molecular formula is C22H11NO5. The highest BCUT2D eigenvalue weighted by molar-refractivity contribution is 6.24. The number of carbonyl (C=O) groups is 4. The van der Waals surface area contributed by atoms with Crippen molar-refractivity contribution in [3.8, 4) is 22.5 Å². The average molecular weight is 369 g/mol. The number of pyridine rings is 1. The number of carbonyl (C=O) groups excluding carboxylic acids is 4. The van der Waals surface area contributed by atoms with Crippen LogP contribution in [0.4, 0.5) is 0 Å². The summed E-state index contributed by atoms with van der Waals surface area (Å²) in [6.45, 7) is 0. The van der Waals surface area contributed by atoms with E-state index in [1.807, 2.05) is 6.07 Å². The first-order chi connectivity index (χ1) is 13.5. The van der Waals surface area contributed by atoms with Crippen molar-refractivity contribution in [3.63, 3.8) is 0 Å². The van der Waals surface area contributed by atoms with E-state index >= 15 is 0 Å². The van der Waals surface area contributed by atoms with Gasteiger partial charge in [-0.15, -0.1) is 0 Å². The lowest BCUT2D eigenvalue weighted by atomic mass is 10.0. The molecule has 0 N–H and O–H groups in total. The molecule has 0 saturated heterocycles. The third-order valence-electron chi connectivity index (χ3n) is 4.93. The second-order valence-corrected chi connectivity index (χ2v) is 6.63. The van der Waals surface area contributed by atoms with E-state index < -0.39 is 11.9 Å². The van der Waals surface area contributed by atoms with E-state index in [0.29, 0.717) is 28.1 Å². The molecule has 2 aliphatic rings. The number of fused-ring (bicyclic) bond motifs is 2. The van der Waals surface area contributed by atoms with Crippen LogP contribution in [0.15, 0.2) is 54.6 Å². The lowest BCUT2D eigenvalue weighted by molar-refractivity contribution is 0.0443. The number of ether oxygens (including phenoxy) is 1. The molecule has 0 amide bonds. The van der Waals surface area contributed by atoms with Gasteiger partial charge < -0.3 is 4.74 Å². The normalized spacial score (nSPS) is 14.9. The first kappa shape index (κ1) is 16.3. The van der Waals surface area contributed by atoms with Crippen molar-refractivity contribution in [1.82, 2.24) is 4.98 Å². The van der Waals surface area contributed by atoms with E-state index in [9.17, 15) is 19.2 Å². The van der Waals surface area contributed by atoms with E-state index in [1.54, 1.807) is 48.5 Å². The maximum absolute atomic E-state index is 12.0. The number of nitrogens with zero attached hydrogens (tertiary/aromatic N) is 1. The maximum Gasteiger partial charge on any atom is 0.346 e. The number of Topliss-reactive ketones (excluding diaryl/α,β-unsaturated/α-hetero) is 2. The molecule has 2 heterocycles. The summed E-state index contributed by atoms with van der Waals surface area (Å²) < 4.78 is 4.62. The minimum absolute atomic E-state index is 0.0871. The van der Waals surface area contributed by atoms with Crippen LogP contribution in [0.25, 0.3) is 22.5 Å². The third kappa shape index (κ3) is 2.39. The quantitative estimate of drug-likeness (QED) is 0.507. The first-order valence-electron chi connectivity index (χ1n) is 8.60. The molecule has 2 aromatic carbocycles. The molecule has 6 heteroatoms. The number of ketones is 2. The topological polar surface area (TPSA) is 90.4 Å². The lowest BCUT2D eigenvalue weighted by Crippen LogP contribution is -1.97. The van der Waals surface area contributed by atoms with Crippen molar-refractivity contribution in [2.24, 2.45) is 0 Å². The van der Waals surface area contributed by atoms with E-state index in [2.05, 4.69) is 9.72 Å². The van der Waals surface area contributed by atoms with Gasteiger partial charge in [-0.3, -0.25) is 9.59 Å². The molecule has 5 rings (SSSR count). The van der Waals surface area contributed by atoms with Gasteiger partial charge in [-0.05, 0) is 36.4 Å². The van der Waals surface area contributed by atoms with Gasteiger partial charge in [0, 0.05) is 22.3 Å². The van der Waals surface area contributed by atoms with Gasteiger partial charge in [0.2, 0.25) is 0 Å². The Bertz CT molecular complexity index is 1150. The summed E-state index contributed by atoms with van der Waals surface area (Å²) in [6, 6.07) is 15.3. The van der Waals surface area contributed by atoms with E-state index in [-0.39, 0.29) is 29.1 Å². The Labute approximate surface area is 158 Å². The van der Waals surface area contributed by atoms with Gasteiger partial charge in [0.15, 0.2) is 11.6 Å². The van der Waals surface area contributed by atoms with Crippen molar-refractivity contribution in [1.29, 1.82) is 0 Å². The van der Waals surface area contributed by atoms with Gasteiger partial charge in [0.25, 0.3) is 0 Å². The van der Waals surface area contributed by atoms with Crippen molar-refractivity contribution < 1.29 is 23.9 Å². The molecule has 1 aliphatic carbocycles. The number of esters is 2. The molecule has 0 bridgehead atoms. The lowest BCUT2D eigenvalue weighted by Gasteiger charge is -2.07. The number of aromatic nitrogens is 1. The molecule has 3 aromatic rings. The molecule has 1 aromatic heterocycles. The van der Waals surface area contributed by atoms with Crippen LogP contribution in [0.1, 0.15) is 47.9 Å². The van der Waals surface area contributed by atoms with Crippen LogP contribution in [0.3, 0.4) is 0 Å². The first-order valence-corrected chi connectivity index (χ1v) is 8.60. The van der Waals surface area contributed by atoms with Crippen LogP contribution >= 0.6 is 0 Å². The Balaban J connectivity index is 1.57. The fraction of sp³-hybridized carbons (Fsp3) is 0.0455. The maximum atomic E-state index is 12.0. The van der Waals surface area contributed by atoms with Crippen molar-refractivity contribution in [2.75, 3.05) is 0 Å². The predicted molar refractivity (Wildman–Crippen MR) is 98.1 cm³/mol. The van der Waals surface area contributed by atoms with Gasteiger partial charge in [0.05, 0.1) is 28.9 Å². The molecule has 28 heavy (non-hydrogen) atoms. The standard InChI is InChI=1S/C22H11NO5/c24-19-10-20(25)15-8-11(4-6-13(15)19)17-2-1-3-18(23-17)12-5-7-14-16(9-12)22(27)28-21(14)26/h1-9H,10H2. The smallest absolute Gasteiger partial charge is 0.346 e. The molecule has 0 fully saturated rings. The number of cyclic esters (lactones) is 2. The molecule has 1 aliphatic heterocycles. The van der Waals surface area contributed by atoms with Crippen molar-refractivity contribution in [2.45, 2.75) is 6.42 Å². The molecule has 0 spiro atoms. The van der Waals surface area contributed by atoms with Crippen LogP contribution in [0.5, 0.6) is 0 Å². The van der Waals surface area contributed by atoms with Gasteiger partial charge in [-0.2, -0.15) is 0 Å². The second-order valence-electron chi connectivity index (χ2n) is 6.63. The summed E-state index contributed by atoms with van der Waals surface area (Å²) in [4.78, 5) is 51.8. The Hall–Kier alpha value is -3.93. The summed E-state index contributed by atoms with van der Waals surface area (Å²) >= 11 is 0. The van der Waals surface area contributed by atoms with Gasteiger partial charge in [0.1, 0.15) is 0 Å². The molecular weight excluding hydrogens is 358 g/mol. The average Bonchev–Trinajstić information content (AvgIpc) is 3.16. The predicted octanol–water partition coefficient (Wildman–Crippen LogP) is 3.50. The Kier molecular flexibility index (Phi) is 3.36. The third-order valence-corrected chi connectivity index (χ3v) is 4.93. The molecule has 6 nitrogen and oxygen atoms in total. The van der Waals surface area contributed by atoms with E-state index in [0.717, 1.165) is 5.56 Å². The SMILES string of the molecule is O=C1CC(=O)c2cc(-c3cccc(-c4ccc5c(c4)C(=O)OC5=O)n3)ccc21. The fourth-order valence-electron chi connectivity index (χ4n) is 3.51. The summed E-state index contributed by atoms with van der Waals surface area (Å²) in [7, 11) is 0. The Morgan fingerprint density at radius 2 is 1.21 bits per heavy atom. The highest BCUT2D eigenvalue weighted by atomic mass is 16.6. The number of hydrogen-bond acceptors (Lipinski definition) is 6. The number of benzene rings is 2. The van der Waals surface area contributed by atoms with Crippen LogP contribution in [0, 0.1) is 0 Å². The van der Waals surface area contributed by atoms with Crippen LogP contribution in [0.2, 0.25) is 0 Å². The molecule has 0 saturated carbocycles. The Morgan fingerprint density at radius 1 is 0.643 bits per heavy atom. The zero-order valence-electron chi connectivity index (χ0n) is 14.4. The summed E-state index contributed by atoms with van der Waals surface area (Å²) in [5.74, 6) is -1.65. The van der Waals surface area contributed by atoms with Crippen LogP contribution in [-0.2, 0) is 4.74 Å². The number of hydrogen-bond donors (Lipinski definition) is 0. The van der Waals surface area contributed by atoms with E-state index in [1.165, 1.54) is 0 Å². The second kappa shape index (κ2) is 5.79. The molecule has 0 unspecified atom stereocenters. The molecule has 134 valence electrons. The molecule has 0 atom stereocenters. The monoisotopic (exact) mass is 369 g/mol. The summed E-state index contributed by atoms with van der Waals surface area (Å²) in [6.07, 6.45) is -0.0871. The minimum atomic E-state index is -0.667. The highest BCUT2D eigenvalue weighted by Gasteiger charge is 2.30. The van der Waals surface area contributed by atoms with Gasteiger partial charge >= 0.3 is 11.9 Å². The Morgan fingerprint density at radius 3 is 1.93 bits per heavy atom. The highest BCUT2D eigenvalue weighted by Crippen LogP contribution is 2.30. The zero-order valence-corrected chi connectivity index (χ0v) is 14.4. The van der Waals surface area contributed by atoms with Gasteiger partial charge in [-0.25, -0.2) is 14.6 Å². The molecule has 0 radical (unpaired) electrons. The van der Waals surface area contributed by atoms with Crippen LogP contribution < -0.4 is 0 Å². The fourth-order valence-corrected chi connectivity index (χ4v) is 3.51. The van der Waals surface area contributed by atoms with Crippen LogP contribution in [-0.4, -0.2) is 28.5 Å². The zero-order chi connectivity index (χ0) is 19.4. The number of rotatable bonds is 2. The van der Waals surface area contributed by atoms with E-state index in [4.69, 9.17) is 0 Å². The van der Waals surface area contributed by atoms with Gasteiger partial charge in [-0.1, -0.05) is 18.2 Å². The summed E-state index contributed by atoms with van der Waals surface area (Å²) in [5.41, 5.74) is 3.96. The summed E-state index contributed by atoms with van der Waals surface area (Å²) in [5, 5.41) is 0. The largest absolute Gasteiger partial charge is 0.386 e.